The van der Waals surface area contributed by atoms with Gasteiger partial charge in [0.05, 0.1) is 37.6 Å². The Kier molecular flexibility index (Phi) is 13.9. The lowest BCUT2D eigenvalue weighted by Crippen LogP contribution is -2.39. The average molecular weight is 428 g/mol. The Hall–Kier alpha value is -1.25. The highest BCUT2D eigenvalue weighted by atomic mass is 16.3. The maximum absolute atomic E-state index is 11.7. The van der Waals surface area contributed by atoms with Crippen molar-refractivity contribution in [1.82, 2.24) is 5.32 Å². The van der Waals surface area contributed by atoms with E-state index < -0.39 is 24.4 Å². The minimum Gasteiger partial charge on any atom is -0.394 e. The van der Waals surface area contributed by atoms with Gasteiger partial charge < -0.3 is 30.8 Å². The van der Waals surface area contributed by atoms with Gasteiger partial charge in [0, 0.05) is 18.8 Å². The van der Waals surface area contributed by atoms with Gasteiger partial charge in [-0.15, -0.1) is 0 Å². The van der Waals surface area contributed by atoms with Gasteiger partial charge in [0.1, 0.15) is 0 Å². The van der Waals surface area contributed by atoms with E-state index in [-0.39, 0.29) is 31.0 Å². The fraction of sp³-hybridized carbons (Fsp3) is 0.783. The second-order valence-corrected chi connectivity index (χ2v) is 8.29. The molecule has 0 radical (unpaired) electrons. The van der Waals surface area contributed by atoms with E-state index in [2.05, 4.69) is 12.2 Å². The first kappa shape index (κ1) is 26.8. The standard InChI is InChI=1S/C23H41NO6/c1-2-3-6-9-18(27)12-13-20-19(21(28)14-22(20)29)10-7-4-5-8-11-23(30)24-17(15-25)16-26/h4,7,12-13,17-22,25-29H,2-3,5-6,8-11,14-16H2,1H3,(H,24,30)/b7-4+,13-12+/t18-,19+,20+,21-,22+/m0/s1. The van der Waals surface area contributed by atoms with Crippen molar-refractivity contribution in [2.24, 2.45) is 11.8 Å². The number of aliphatic hydroxyl groups excluding tert-OH is 5. The lowest BCUT2D eigenvalue weighted by atomic mass is 9.89. The highest BCUT2D eigenvalue weighted by molar-refractivity contribution is 5.76. The van der Waals surface area contributed by atoms with E-state index in [1.54, 1.807) is 6.08 Å². The molecule has 7 nitrogen and oxygen atoms in total. The molecule has 174 valence electrons. The number of nitrogens with one attached hydrogen (secondary N) is 1. The van der Waals surface area contributed by atoms with Gasteiger partial charge in [-0.3, -0.25) is 4.79 Å². The largest absolute Gasteiger partial charge is 0.394 e. The van der Waals surface area contributed by atoms with E-state index in [0.717, 1.165) is 19.3 Å². The Morgan fingerprint density at radius 3 is 2.50 bits per heavy atom. The van der Waals surface area contributed by atoms with Crippen LogP contribution in [0.15, 0.2) is 24.3 Å². The van der Waals surface area contributed by atoms with E-state index in [1.807, 2.05) is 18.2 Å². The number of hydrogen-bond acceptors (Lipinski definition) is 6. The number of rotatable bonds is 15. The molecule has 1 aliphatic rings. The third-order valence-electron chi connectivity index (χ3n) is 5.73. The summed E-state index contributed by atoms with van der Waals surface area (Å²) in [7, 11) is 0. The molecule has 0 saturated heterocycles. The van der Waals surface area contributed by atoms with Gasteiger partial charge in [-0.1, -0.05) is 50.5 Å². The van der Waals surface area contributed by atoms with Crippen LogP contribution in [-0.4, -0.2) is 69.0 Å². The zero-order chi connectivity index (χ0) is 22.4. The number of unbranched alkanes of at least 4 members (excludes halogenated alkanes) is 3. The summed E-state index contributed by atoms with van der Waals surface area (Å²) in [4.78, 5) is 11.7. The summed E-state index contributed by atoms with van der Waals surface area (Å²) in [5.41, 5.74) is 0. The molecule has 7 heteroatoms. The highest BCUT2D eigenvalue weighted by Gasteiger charge is 2.39. The monoisotopic (exact) mass is 427 g/mol. The third-order valence-corrected chi connectivity index (χ3v) is 5.73. The molecule has 1 fully saturated rings. The van der Waals surface area contributed by atoms with E-state index in [0.29, 0.717) is 38.5 Å². The Labute approximate surface area is 180 Å². The van der Waals surface area contributed by atoms with Crippen LogP contribution in [0.4, 0.5) is 0 Å². The van der Waals surface area contributed by atoms with Crippen molar-refractivity contribution in [3.8, 4) is 0 Å². The minimum atomic E-state index is -0.613. The van der Waals surface area contributed by atoms with Gasteiger partial charge in [0.2, 0.25) is 5.91 Å². The molecule has 0 aliphatic heterocycles. The van der Waals surface area contributed by atoms with Gasteiger partial charge in [-0.05, 0) is 31.6 Å². The van der Waals surface area contributed by atoms with Gasteiger partial charge in [0.15, 0.2) is 0 Å². The number of carbonyl (C=O) groups excluding carboxylic acids is 1. The number of amides is 1. The quantitative estimate of drug-likeness (QED) is 0.173. The summed E-state index contributed by atoms with van der Waals surface area (Å²) in [6.45, 7) is 1.54. The number of hydrogen-bond donors (Lipinski definition) is 6. The first-order chi connectivity index (χ1) is 14.4. The molecule has 0 spiro atoms. The molecule has 0 bridgehead atoms. The van der Waals surface area contributed by atoms with Crippen molar-refractivity contribution < 1.29 is 30.3 Å². The number of aliphatic hydroxyl groups is 5. The fourth-order valence-electron chi connectivity index (χ4n) is 3.86. The van der Waals surface area contributed by atoms with Gasteiger partial charge in [-0.25, -0.2) is 0 Å². The molecule has 0 heterocycles. The topological polar surface area (TPSA) is 130 Å². The van der Waals surface area contributed by atoms with Crippen LogP contribution >= 0.6 is 0 Å². The smallest absolute Gasteiger partial charge is 0.220 e. The molecule has 0 aromatic rings. The van der Waals surface area contributed by atoms with E-state index >= 15 is 0 Å². The minimum absolute atomic E-state index is 0.0893. The maximum atomic E-state index is 11.7. The molecule has 0 unspecified atom stereocenters. The first-order valence-corrected chi connectivity index (χ1v) is 11.3. The van der Waals surface area contributed by atoms with Crippen LogP contribution in [0.3, 0.4) is 0 Å². The average Bonchev–Trinajstić information content (AvgIpc) is 2.99. The van der Waals surface area contributed by atoms with E-state index in [1.165, 1.54) is 0 Å². The molecule has 6 N–H and O–H groups in total. The van der Waals surface area contributed by atoms with Crippen LogP contribution in [0, 0.1) is 11.8 Å². The van der Waals surface area contributed by atoms with Crippen molar-refractivity contribution in [2.75, 3.05) is 13.2 Å². The van der Waals surface area contributed by atoms with Crippen LogP contribution < -0.4 is 5.32 Å². The lowest BCUT2D eigenvalue weighted by molar-refractivity contribution is -0.122. The highest BCUT2D eigenvalue weighted by Crippen LogP contribution is 2.36. The molecule has 30 heavy (non-hydrogen) atoms. The summed E-state index contributed by atoms with van der Waals surface area (Å²) < 4.78 is 0. The molecule has 0 aromatic carbocycles. The van der Waals surface area contributed by atoms with Crippen LogP contribution in [0.25, 0.3) is 0 Å². The van der Waals surface area contributed by atoms with Crippen molar-refractivity contribution in [3.05, 3.63) is 24.3 Å². The Bertz CT molecular complexity index is 520. The number of carbonyl (C=O) groups is 1. The lowest BCUT2D eigenvalue weighted by Gasteiger charge is -2.19. The molecule has 0 aromatic heterocycles. The molecule has 1 aliphatic carbocycles. The Morgan fingerprint density at radius 2 is 1.83 bits per heavy atom. The molecular weight excluding hydrogens is 386 g/mol. The van der Waals surface area contributed by atoms with Gasteiger partial charge in [0.25, 0.3) is 0 Å². The zero-order valence-corrected chi connectivity index (χ0v) is 18.2. The molecule has 5 atom stereocenters. The predicted octanol–water partition coefficient (Wildman–Crippen LogP) is 1.43. The normalized spacial score (nSPS) is 25.6. The zero-order valence-electron chi connectivity index (χ0n) is 18.2. The van der Waals surface area contributed by atoms with Crippen LogP contribution in [0.5, 0.6) is 0 Å². The molecule has 1 rings (SSSR count). The van der Waals surface area contributed by atoms with E-state index in [4.69, 9.17) is 10.2 Å². The van der Waals surface area contributed by atoms with Crippen LogP contribution in [0.2, 0.25) is 0 Å². The fourth-order valence-corrected chi connectivity index (χ4v) is 3.86. The summed E-state index contributed by atoms with van der Waals surface area (Å²) in [5, 5.41) is 51.1. The second kappa shape index (κ2) is 15.5. The van der Waals surface area contributed by atoms with Crippen molar-refractivity contribution in [3.63, 3.8) is 0 Å². The SMILES string of the molecule is CCCCC[C@H](O)/C=C/[C@@H]1[C@@H](C/C=C/CCCC(=O)NC(CO)CO)[C@@H](O)C[C@H]1O. The van der Waals surface area contributed by atoms with Crippen molar-refractivity contribution in [1.29, 1.82) is 0 Å². The second-order valence-electron chi connectivity index (χ2n) is 8.29. The van der Waals surface area contributed by atoms with Gasteiger partial charge in [-0.2, -0.15) is 0 Å². The van der Waals surface area contributed by atoms with Crippen molar-refractivity contribution >= 4 is 5.91 Å². The van der Waals surface area contributed by atoms with Crippen LogP contribution in [-0.2, 0) is 4.79 Å². The number of allylic oxidation sites excluding steroid dienone is 2. The van der Waals surface area contributed by atoms with Crippen LogP contribution in [0.1, 0.15) is 64.7 Å². The summed E-state index contributed by atoms with van der Waals surface area (Å²) in [6, 6.07) is -0.613. The van der Waals surface area contributed by atoms with Gasteiger partial charge >= 0.3 is 0 Å². The Morgan fingerprint density at radius 1 is 1.10 bits per heavy atom. The third kappa shape index (κ3) is 10.2. The molecule has 1 amide bonds. The molecular formula is C23H41NO6. The van der Waals surface area contributed by atoms with Crippen molar-refractivity contribution in [2.45, 2.75) is 89.1 Å². The summed E-state index contributed by atoms with van der Waals surface area (Å²) in [5.74, 6) is -0.466. The molecule has 1 saturated carbocycles. The van der Waals surface area contributed by atoms with E-state index in [9.17, 15) is 20.1 Å². The summed E-state index contributed by atoms with van der Waals surface area (Å²) >= 11 is 0. The first-order valence-electron chi connectivity index (χ1n) is 11.3. The maximum Gasteiger partial charge on any atom is 0.220 e. The Balaban J connectivity index is 2.39. The summed E-state index contributed by atoms with van der Waals surface area (Å²) in [6.07, 6.45) is 12.4. The predicted molar refractivity (Wildman–Crippen MR) is 117 cm³/mol.